The van der Waals surface area contributed by atoms with Gasteiger partial charge in [-0.1, -0.05) is 0 Å². The van der Waals surface area contributed by atoms with Crippen LogP contribution in [-0.4, -0.2) is 41.1 Å². The van der Waals surface area contributed by atoms with Gasteiger partial charge in [0, 0.05) is 30.4 Å². The lowest BCUT2D eigenvalue weighted by atomic mass is 10.1. The van der Waals surface area contributed by atoms with Crippen molar-refractivity contribution in [3.8, 4) is 0 Å². The van der Waals surface area contributed by atoms with Gasteiger partial charge in [0.25, 0.3) is 0 Å². The Hall–Kier alpha value is 0.560. The molecule has 1 saturated heterocycles. The molecule has 1 unspecified atom stereocenters. The van der Waals surface area contributed by atoms with Gasteiger partial charge in [-0.15, -0.1) is 12.4 Å². The van der Waals surface area contributed by atoms with Gasteiger partial charge >= 0.3 is 0 Å². The Bertz CT molecular complexity index is 159. The van der Waals surface area contributed by atoms with Crippen molar-refractivity contribution in [3.05, 3.63) is 0 Å². The second kappa shape index (κ2) is 6.21. The third-order valence-electron chi connectivity index (χ3n) is 2.44. The average molecular weight is 239 g/mol. The largest absolute Gasteiger partial charge is 0.324 e. The molecule has 1 atom stereocenters. The molecule has 4 heteroatoms. The Morgan fingerprint density at radius 1 is 1.43 bits per heavy atom. The van der Waals surface area contributed by atoms with E-state index in [1.165, 1.54) is 24.5 Å². The molecule has 0 saturated carbocycles. The van der Waals surface area contributed by atoms with Gasteiger partial charge in [0.15, 0.2) is 0 Å². The van der Waals surface area contributed by atoms with Crippen molar-refractivity contribution >= 4 is 24.2 Å². The monoisotopic (exact) mass is 238 g/mol. The number of nitrogens with zero attached hydrogens (tertiary/aromatic N) is 1. The quantitative estimate of drug-likeness (QED) is 0.798. The molecule has 0 amide bonds. The van der Waals surface area contributed by atoms with Crippen LogP contribution in [-0.2, 0) is 0 Å². The van der Waals surface area contributed by atoms with Crippen LogP contribution in [0.1, 0.15) is 27.2 Å². The molecule has 0 aromatic rings. The highest BCUT2D eigenvalue weighted by molar-refractivity contribution is 7.99. The van der Waals surface area contributed by atoms with E-state index in [2.05, 4.69) is 37.4 Å². The molecule has 86 valence electrons. The molecule has 0 radical (unpaired) electrons. The molecular weight excluding hydrogens is 216 g/mol. The highest BCUT2D eigenvalue weighted by atomic mass is 35.5. The number of hydrogen-bond acceptors (Lipinski definition) is 3. The van der Waals surface area contributed by atoms with Crippen LogP contribution in [0.15, 0.2) is 0 Å². The van der Waals surface area contributed by atoms with Crippen molar-refractivity contribution in [1.29, 1.82) is 0 Å². The lowest BCUT2D eigenvalue weighted by Crippen LogP contribution is -2.48. The minimum absolute atomic E-state index is 0. The van der Waals surface area contributed by atoms with Crippen molar-refractivity contribution in [2.45, 2.75) is 38.8 Å². The minimum atomic E-state index is -0.0523. The Labute approximate surface area is 98.4 Å². The van der Waals surface area contributed by atoms with Crippen molar-refractivity contribution in [3.63, 3.8) is 0 Å². The summed E-state index contributed by atoms with van der Waals surface area (Å²) in [5, 5.41) is 0. The Balaban J connectivity index is 0.00000169. The van der Waals surface area contributed by atoms with Gasteiger partial charge < -0.3 is 5.73 Å². The van der Waals surface area contributed by atoms with Gasteiger partial charge in [-0.2, -0.15) is 11.8 Å². The zero-order valence-corrected chi connectivity index (χ0v) is 11.1. The summed E-state index contributed by atoms with van der Waals surface area (Å²) >= 11 is 2.07. The normalized spacial score (nSPS) is 25.3. The third kappa shape index (κ3) is 5.44. The summed E-state index contributed by atoms with van der Waals surface area (Å²) in [6.45, 7) is 8.76. The Morgan fingerprint density at radius 3 is 2.64 bits per heavy atom. The Kier molecular flexibility index (Phi) is 6.46. The third-order valence-corrected chi connectivity index (χ3v) is 3.43. The van der Waals surface area contributed by atoms with Crippen LogP contribution in [0, 0.1) is 0 Å². The van der Waals surface area contributed by atoms with Crippen molar-refractivity contribution in [1.82, 2.24) is 4.90 Å². The number of hydrogen-bond donors (Lipinski definition) is 1. The average Bonchev–Trinajstić information content (AvgIpc) is 2.14. The van der Waals surface area contributed by atoms with Gasteiger partial charge in [0.2, 0.25) is 0 Å². The molecular formula is C10H23ClN2S. The summed E-state index contributed by atoms with van der Waals surface area (Å²) in [6.07, 6.45) is 1.31. The maximum absolute atomic E-state index is 6.03. The minimum Gasteiger partial charge on any atom is -0.324 e. The van der Waals surface area contributed by atoms with Crippen LogP contribution in [0.25, 0.3) is 0 Å². The molecule has 1 aliphatic rings. The summed E-state index contributed by atoms with van der Waals surface area (Å²) in [5.41, 5.74) is 5.98. The maximum Gasteiger partial charge on any atom is 0.0226 e. The van der Waals surface area contributed by atoms with Crippen LogP contribution in [0.2, 0.25) is 0 Å². The van der Waals surface area contributed by atoms with Crippen LogP contribution in [0.3, 0.4) is 0 Å². The first-order valence-corrected chi connectivity index (χ1v) is 6.25. The fourth-order valence-corrected chi connectivity index (χ4v) is 2.77. The zero-order chi connectivity index (χ0) is 9.90. The molecule has 0 aromatic heterocycles. The summed E-state index contributed by atoms with van der Waals surface area (Å²) in [4.78, 5) is 2.53. The van der Waals surface area contributed by atoms with E-state index in [-0.39, 0.29) is 17.9 Å². The van der Waals surface area contributed by atoms with Crippen LogP contribution in [0.4, 0.5) is 0 Å². The lowest BCUT2D eigenvalue weighted by molar-refractivity contribution is 0.183. The highest BCUT2D eigenvalue weighted by Crippen LogP contribution is 2.17. The first-order valence-electron chi connectivity index (χ1n) is 5.10. The molecule has 1 fully saturated rings. The zero-order valence-electron chi connectivity index (χ0n) is 9.45. The number of halogens is 1. The van der Waals surface area contributed by atoms with Gasteiger partial charge in [0.05, 0.1) is 0 Å². The molecule has 0 bridgehead atoms. The van der Waals surface area contributed by atoms with E-state index >= 15 is 0 Å². The summed E-state index contributed by atoms with van der Waals surface area (Å²) in [7, 11) is 0. The lowest BCUT2D eigenvalue weighted by Gasteiger charge is -2.32. The fraction of sp³-hybridized carbons (Fsp3) is 1.00. The van der Waals surface area contributed by atoms with E-state index in [1.54, 1.807) is 0 Å². The van der Waals surface area contributed by atoms with E-state index < -0.39 is 0 Å². The predicted octanol–water partition coefficient (Wildman–Crippen LogP) is 1.97. The Morgan fingerprint density at radius 2 is 2.07 bits per heavy atom. The topological polar surface area (TPSA) is 29.3 Å². The first-order chi connectivity index (χ1) is 5.99. The van der Waals surface area contributed by atoms with Crippen LogP contribution >= 0.6 is 24.2 Å². The number of thioether (sulfide) groups is 1. The molecule has 2 N–H and O–H groups in total. The van der Waals surface area contributed by atoms with E-state index in [0.29, 0.717) is 6.04 Å². The summed E-state index contributed by atoms with van der Waals surface area (Å²) in [5.74, 6) is 2.57. The molecule has 1 rings (SSSR count). The first kappa shape index (κ1) is 14.6. The van der Waals surface area contributed by atoms with Gasteiger partial charge in [-0.25, -0.2) is 0 Å². The second-order valence-corrected chi connectivity index (χ2v) is 5.93. The predicted molar refractivity (Wildman–Crippen MR) is 68.5 cm³/mol. The maximum atomic E-state index is 6.03. The highest BCUT2D eigenvalue weighted by Gasteiger charge is 2.22. The molecule has 0 aromatic carbocycles. The van der Waals surface area contributed by atoms with Crippen LogP contribution < -0.4 is 5.73 Å². The molecule has 2 nitrogen and oxygen atoms in total. The van der Waals surface area contributed by atoms with Crippen LogP contribution in [0.5, 0.6) is 0 Å². The molecule has 1 aliphatic heterocycles. The van der Waals surface area contributed by atoms with Gasteiger partial charge in [-0.3, -0.25) is 4.90 Å². The summed E-state index contributed by atoms with van der Waals surface area (Å²) in [6, 6.07) is 0.706. The van der Waals surface area contributed by atoms with Crippen molar-refractivity contribution in [2.75, 3.05) is 24.6 Å². The SMILES string of the molecule is CC1CCSCCN1CC(C)(C)N.Cl. The molecule has 14 heavy (non-hydrogen) atoms. The molecule has 0 aliphatic carbocycles. The van der Waals surface area contributed by atoms with Crippen molar-refractivity contribution < 1.29 is 0 Å². The number of nitrogens with two attached hydrogens (primary N) is 1. The van der Waals surface area contributed by atoms with E-state index in [0.717, 1.165) is 6.54 Å². The number of rotatable bonds is 2. The second-order valence-electron chi connectivity index (χ2n) is 4.71. The van der Waals surface area contributed by atoms with Gasteiger partial charge in [-0.05, 0) is 32.9 Å². The van der Waals surface area contributed by atoms with Crippen molar-refractivity contribution in [2.24, 2.45) is 5.73 Å². The van der Waals surface area contributed by atoms with E-state index in [4.69, 9.17) is 5.73 Å². The smallest absolute Gasteiger partial charge is 0.0226 e. The van der Waals surface area contributed by atoms with E-state index in [1.807, 2.05) is 0 Å². The van der Waals surface area contributed by atoms with Gasteiger partial charge in [0.1, 0.15) is 0 Å². The fourth-order valence-electron chi connectivity index (χ4n) is 1.70. The van der Waals surface area contributed by atoms with E-state index in [9.17, 15) is 0 Å². The standard InChI is InChI=1S/C10H22N2S.ClH/c1-9-4-6-13-7-5-12(9)8-10(2,3)11;/h9H,4-8,11H2,1-3H3;1H. The molecule has 1 heterocycles. The molecule has 0 spiro atoms. The summed E-state index contributed by atoms with van der Waals surface area (Å²) < 4.78 is 0.